The van der Waals surface area contributed by atoms with Crippen LogP contribution in [0.1, 0.15) is 17.3 Å². The number of hydrogen-bond donors (Lipinski definition) is 0. The van der Waals surface area contributed by atoms with Crippen molar-refractivity contribution in [2.24, 2.45) is 0 Å². The lowest BCUT2D eigenvalue weighted by molar-refractivity contribution is 0.0657. The lowest BCUT2D eigenvalue weighted by Gasteiger charge is -2.10. The fraction of sp³-hybridized carbons (Fsp3) is 0.214. The van der Waals surface area contributed by atoms with E-state index >= 15 is 0 Å². The maximum absolute atomic E-state index is 12.1. The third-order valence-electron chi connectivity index (χ3n) is 2.78. The van der Waals surface area contributed by atoms with Gasteiger partial charge in [-0.05, 0) is 17.7 Å². The number of benzene rings is 2. The topological polar surface area (TPSA) is 26.3 Å². The molecule has 0 radical (unpaired) electrons. The molecule has 82 valence electrons. The third kappa shape index (κ3) is 1.84. The van der Waals surface area contributed by atoms with Gasteiger partial charge in [0.25, 0.3) is 0 Å². The highest BCUT2D eigenvalue weighted by molar-refractivity contribution is 6.09. The van der Waals surface area contributed by atoms with Gasteiger partial charge >= 0.3 is 0 Å². The molecule has 2 nitrogen and oxygen atoms in total. The summed E-state index contributed by atoms with van der Waals surface area (Å²) in [5.74, 6) is 0.0271. The average molecular weight is 214 g/mol. The summed E-state index contributed by atoms with van der Waals surface area (Å²) in [5, 5.41) is 2.07. The summed E-state index contributed by atoms with van der Waals surface area (Å²) in [5.41, 5.74) is 0.729. The van der Waals surface area contributed by atoms with E-state index in [1.54, 1.807) is 14.0 Å². The Morgan fingerprint density at radius 3 is 2.56 bits per heavy atom. The van der Waals surface area contributed by atoms with E-state index in [-0.39, 0.29) is 5.78 Å². The third-order valence-corrected chi connectivity index (χ3v) is 2.78. The van der Waals surface area contributed by atoms with Gasteiger partial charge in [0.05, 0.1) is 0 Å². The molecule has 0 bridgehead atoms. The Bertz CT molecular complexity index is 512. The molecule has 0 saturated heterocycles. The molecule has 2 rings (SSSR count). The maximum Gasteiger partial charge on any atom is 0.191 e. The van der Waals surface area contributed by atoms with Crippen molar-refractivity contribution in [2.45, 2.75) is 13.0 Å². The molecule has 0 aromatic heterocycles. The molecule has 0 aliphatic rings. The zero-order valence-electron chi connectivity index (χ0n) is 9.44. The summed E-state index contributed by atoms with van der Waals surface area (Å²) in [6.07, 6.45) is -0.397. The molecule has 2 heteroatoms. The summed E-state index contributed by atoms with van der Waals surface area (Å²) in [6.45, 7) is 1.77. The molecule has 0 spiro atoms. The highest BCUT2D eigenvalue weighted by Gasteiger charge is 2.16. The Balaban J connectivity index is 2.56. The van der Waals surface area contributed by atoms with Crippen molar-refractivity contribution in [2.75, 3.05) is 7.11 Å². The van der Waals surface area contributed by atoms with Crippen LogP contribution in [-0.2, 0) is 4.74 Å². The van der Waals surface area contributed by atoms with E-state index in [0.29, 0.717) is 0 Å². The van der Waals surface area contributed by atoms with Gasteiger partial charge in [-0.3, -0.25) is 4.79 Å². The second-order valence-electron chi connectivity index (χ2n) is 3.77. The van der Waals surface area contributed by atoms with Crippen molar-refractivity contribution in [1.82, 2.24) is 0 Å². The van der Waals surface area contributed by atoms with Crippen LogP contribution in [-0.4, -0.2) is 19.0 Å². The van der Waals surface area contributed by atoms with Crippen molar-refractivity contribution >= 4 is 16.6 Å². The van der Waals surface area contributed by atoms with Crippen LogP contribution in [0.25, 0.3) is 10.8 Å². The van der Waals surface area contributed by atoms with E-state index in [4.69, 9.17) is 4.74 Å². The highest BCUT2D eigenvalue weighted by atomic mass is 16.5. The number of ether oxygens (including phenoxy) is 1. The van der Waals surface area contributed by atoms with E-state index in [2.05, 4.69) is 0 Å². The molecule has 1 unspecified atom stereocenters. The lowest BCUT2D eigenvalue weighted by atomic mass is 9.99. The largest absolute Gasteiger partial charge is 0.374 e. The molecule has 2 aromatic carbocycles. The summed E-state index contributed by atoms with van der Waals surface area (Å²) in [4.78, 5) is 12.1. The Morgan fingerprint density at radius 2 is 1.81 bits per heavy atom. The zero-order valence-corrected chi connectivity index (χ0v) is 9.44. The molecule has 0 fully saturated rings. The van der Waals surface area contributed by atoms with Crippen LogP contribution >= 0.6 is 0 Å². The molecule has 2 aromatic rings. The minimum Gasteiger partial charge on any atom is -0.374 e. The number of methoxy groups -OCH3 is 1. The number of ketones is 1. The molecular formula is C14H14O2. The summed E-state index contributed by atoms with van der Waals surface area (Å²) >= 11 is 0. The first kappa shape index (κ1) is 10.8. The van der Waals surface area contributed by atoms with E-state index in [1.165, 1.54) is 0 Å². The fourth-order valence-corrected chi connectivity index (χ4v) is 1.77. The van der Waals surface area contributed by atoms with E-state index in [0.717, 1.165) is 16.3 Å². The maximum atomic E-state index is 12.1. The van der Waals surface area contributed by atoms with Gasteiger partial charge in [-0.25, -0.2) is 0 Å². The van der Waals surface area contributed by atoms with Gasteiger partial charge in [-0.1, -0.05) is 42.5 Å². The Morgan fingerprint density at radius 1 is 1.12 bits per heavy atom. The first-order valence-corrected chi connectivity index (χ1v) is 5.29. The molecule has 0 aliphatic heterocycles. The first-order chi connectivity index (χ1) is 7.74. The molecule has 0 amide bonds. The number of rotatable bonds is 3. The summed E-state index contributed by atoms with van der Waals surface area (Å²) in [6, 6.07) is 13.6. The summed E-state index contributed by atoms with van der Waals surface area (Å²) < 4.78 is 5.07. The smallest absolute Gasteiger partial charge is 0.191 e. The van der Waals surface area contributed by atoms with Crippen molar-refractivity contribution < 1.29 is 9.53 Å². The predicted molar refractivity (Wildman–Crippen MR) is 64.7 cm³/mol. The van der Waals surface area contributed by atoms with Crippen LogP contribution in [0.15, 0.2) is 42.5 Å². The quantitative estimate of drug-likeness (QED) is 0.734. The van der Waals surface area contributed by atoms with Gasteiger partial charge in [-0.2, -0.15) is 0 Å². The molecule has 16 heavy (non-hydrogen) atoms. The molecule has 0 aliphatic carbocycles. The molecule has 0 heterocycles. The zero-order chi connectivity index (χ0) is 11.5. The van der Waals surface area contributed by atoms with Crippen LogP contribution < -0.4 is 0 Å². The number of carbonyl (C=O) groups excluding carboxylic acids is 1. The van der Waals surface area contributed by atoms with Gasteiger partial charge in [0.15, 0.2) is 5.78 Å². The van der Waals surface area contributed by atoms with Crippen LogP contribution in [0.2, 0.25) is 0 Å². The van der Waals surface area contributed by atoms with Crippen LogP contribution in [0, 0.1) is 0 Å². The molecule has 1 atom stereocenters. The predicted octanol–water partition coefficient (Wildman–Crippen LogP) is 3.06. The second kappa shape index (κ2) is 4.45. The first-order valence-electron chi connectivity index (χ1n) is 5.29. The Kier molecular flexibility index (Phi) is 3.02. The number of fused-ring (bicyclic) bond motifs is 1. The molecular weight excluding hydrogens is 200 g/mol. The van der Waals surface area contributed by atoms with Crippen LogP contribution in [0.3, 0.4) is 0 Å². The minimum atomic E-state index is -0.397. The van der Waals surface area contributed by atoms with Crippen molar-refractivity contribution in [1.29, 1.82) is 0 Å². The second-order valence-corrected chi connectivity index (χ2v) is 3.77. The van der Waals surface area contributed by atoms with Crippen molar-refractivity contribution in [3.63, 3.8) is 0 Å². The van der Waals surface area contributed by atoms with E-state index in [9.17, 15) is 4.79 Å². The average Bonchev–Trinajstić information content (AvgIpc) is 2.36. The van der Waals surface area contributed by atoms with Gasteiger partial charge in [0, 0.05) is 12.7 Å². The lowest BCUT2D eigenvalue weighted by Crippen LogP contribution is -2.19. The van der Waals surface area contributed by atoms with E-state index < -0.39 is 6.10 Å². The molecule has 0 N–H and O–H groups in total. The number of hydrogen-bond acceptors (Lipinski definition) is 2. The SMILES string of the molecule is COC(C)C(=O)c1cccc2ccccc12. The summed E-state index contributed by atoms with van der Waals surface area (Å²) in [7, 11) is 1.55. The van der Waals surface area contributed by atoms with Gasteiger partial charge < -0.3 is 4.74 Å². The highest BCUT2D eigenvalue weighted by Crippen LogP contribution is 2.20. The van der Waals surface area contributed by atoms with Gasteiger partial charge in [-0.15, -0.1) is 0 Å². The van der Waals surface area contributed by atoms with Crippen LogP contribution in [0.5, 0.6) is 0 Å². The molecule has 0 saturated carbocycles. The Hall–Kier alpha value is -1.67. The standard InChI is InChI=1S/C14H14O2/c1-10(16-2)14(15)13-9-5-7-11-6-3-4-8-12(11)13/h3-10H,1-2H3. The van der Waals surface area contributed by atoms with Crippen LogP contribution in [0.4, 0.5) is 0 Å². The number of Topliss-reactive ketones (excluding diaryl/α,β-unsaturated/α-hetero) is 1. The monoisotopic (exact) mass is 214 g/mol. The minimum absolute atomic E-state index is 0.0271. The van der Waals surface area contributed by atoms with E-state index in [1.807, 2.05) is 42.5 Å². The normalized spacial score (nSPS) is 12.6. The van der Waals surface area contributed by atoms with Gasteiger partial charge in [0.2, 0.25) is 0 Å². The Labute approximate surface area is 94.8 Å². The fourth-order valence-electron chi connectivity index (χ4n) is 1.77. The van der Waals surface area contributed by atoms with Gasteiger partial charge in [0.1, 0.15) is 6.10 Å². The van der Waals surface area contributed by atoms with Crippen molar-refractivity contribution in [3.05, 3.63) is 48.0 Å². The number of carbonyl (C=O) groups is 1. The van der Waals surface area contributed by atoms with Crippen molar-refractivity contribution in [3.8, 4) is 0 Å².